The Morgan fingerprint density at radius 1 is 1.57 bits per heavy atom. The van der Waals surface area contributed by atoms with E-state index in [0.717, 1.165) is 0 Å². The highest BCUT2D eigenvalue weighted by molar-refractivity contribution is 5.66. The number of hydrogen-bond donors (Lipinski definition) is 2. The van der Waals surface area contributed by atoms with Crippen molar-refractivity contribution in [1.29, 1.82) is 0 Å². The molecular formula is C9H11N3O2. The van der Waals surface area contributed by atoms with Gasteiger partial charge in [-0.25, -0.2) is 4.98 Å². The second-order valence-electron chi connectivity index (χ2n) is 2.97. The Kier molecular flexibility index (Phi) is 2.43. The molecule has 5 heteroatoms. The SMILES string of the molecule is NCCC(O)c1nc2ncccc2o1. The van der Waals surface area contributed by atoms with Gasteiger partial charge in [0.05, 0.1) is 0 Å². The number of aliphatic hydroxyl groups excluding tert-OH is 1. The van der Waals surface area contributed by atoms with Crippen LogP contribution in [0.25, 0.3) is 11.2 Å². The van der Waals surface area contributed by atoms with Gasteiger partial charge in [-0.2, -0.15) is 4.98 Å². The molecule has 3 N–H and O–H groups in total. The monoisotopic (exact) mass is 193 g/mol. The van der Waals surface area contributed by atoms with E-state index in [-0.39, 0.29) is 5.89 Å². The van der Waals surface area contributed by atoms with Crippen molar-refractivity contribution in [3.8, 4) is 0 Å². The molecule has 0 saturated heterocycles. The molecule has 74 valence electrons. The Morgan fingerprint density at radius 2 is 2.43 bits per heavy atom. The van der Waals surface area contributed by atoms with Crippen molar-refractivity contribution in [2.75, 3.05) is 6.54 Å². The molecular weight excluding hydrogens is 182 g/mol. The van der Waals surface area contributed by atoms with Gasteiger partial charge < -0.3 is 15.3 Å². The number of pyridine rings is 1. The average molecular weight is 193 g/mol. The Balaban J connectivity index is 2.35. The van der Waals surface area contributed by atoms with Gasteiger partial charge in [0.2, 0.25) is 5.89 Å². The average Bonchev–Trinajstić information content (AvgIpc) is 2.61. The van der Waals surface area contributed by atoms with Gasteiger partial charge in [-0.05, 0) is 25.1 Å². The Hall–Kier alpha value is -1.46. The van der Waals surface area contributed by atoms with Crippen LogP contribution in [0.5, 0.6) is 0 Å². The van der Waals surface area contributed by atoms with E-state index >= 15 is 0 Å². The zero-order valence-electron chi connectivity index (χ0n) is 7.55. The zero-order valence-corrected chi connectivity index (χ0v) is 7.55. The number of aromatic nitrogens is 2. The van der Waals surface area contributed by atoms with E-state index in [4.69, 9.17) is 10.2 Å². The first-order valence-electron chi connectivity index (χ1n) is 4.41. The van der Waals surface area contributed by atoms with Gasteiger partial charge in [-0.1, -0.05) is 0 Å². The Morgan fingerprint density at radius 3 is 3.14 bits per heavy atom. The van der Waals surface area contributed by atoms with E-state index in [1.54, 1.807) is 18.3 Å². The molecule has 0 saturated carbocycles. The number of aliphatic hydroxyl groups is 1. The van der Waals surface area contributed by atoms with Crippen molar-refractivity contribution in [3.05, 3.63) is 24.2 Å². The van der Waals surface area contributed by atoms with Gasteiger partial charge in [0.15, 0.2) is 11.2 Å². The highest BCUT2D eigenvalue weighted by atomic mass is 16.4. The lowest BCUT2D eigenvalue weighted by molar-refractivity contribution is 0.139. The van der Waals surface area contributed by atoms with Crippen LogP contribution in [0.3, 0.4) is 0 Å². The third kappa shape index (κ3) is 1.59. The second kappa shape index (κ2) is 3.73. The molecule has 0 aromatic carbocycles. The molecule has 2 heterocycles. The lowest BCUT2D eigenvalue weighted by atomic mass is 10.2. The predicted molar refractivity (Wildman–Crippen MR) is 50.4 cm³/mol. The van der Waals surface area contributed by atoms with E-state index in [9.17, 15) is 5.11 Å². The van der Waals surface area contributed by atoms with Crippen LogP contribution in [-0.4, -0.2) is 21.6 Å². The summed E-state index contributed by atoms with van der Waals surface area (Å²) in [7, 11) is 0. The normalized spacial score (nSPS) is 13.3. The molecule has 0 fully saturated rings. The van der Waals surface area contributed by atoms with Crippen molar-refractivity contribution in [2.24, 2.45) is 5.73 Å². The molecule has 2 aromatic rings. The molecule has 1 atom stereocenters. The van der Waals surface area contributed by atoms with E-state index in [0.29, 0.717) is 24.2 Å². The third-order valence-corrected chi connectivity index (χ3v) is 1.91. The van der Waals surface area contributed by atoms with Crippen LogP contribution >= 0.6 is 0 Å². The lowest BCUT2D eigenvalue weighted by Crippen LogP contribution is -2.06. The fourth-order valence-electron chi connectivity index (χ4n) is 1.21. The number of nitrogens with two attached hydrogens (primary N) is 1. The second-order valence-corrected chi connectivity index (χ2v) is 2.97. The van der Waals surface area contributed by atoms with Gasteiger partial charge in [0.25, 0.3) is 0 Å². The van der Waals surface area contributed by atoms with Gasteiger partial charge in [0.1, 0.15) is 6.10 Å². The highest BCUT2D eigenvalue weighted by Gasteiger charge is 2.14. The van der Waals surface area contributed by atoms with Gasteiger partial charge in [-0.15, -0.1) is 0 Å². The summed E-state index contributed by atoms with van der Waals surface area (Å²) in [6.07, 6.45) is 1.32. The first-order chi connectivity index (χ1) is 6.81. The minimum absolute atomic E-state index is 0.282. The predicted octanol–water partition coefficient (Wildman–Crippen LogP) is 0.605. The molecule has 0 aliphatic rings. The molecule has 0 bridgehead atoms. The number of rotatable bonds is 3. The Labute approximate surface area is 80.6 Å². The molecule has 2 rings (SSSR count). The van der Waals surface area contributed by atoms with Crippen molar-refractivity contribution >= 4 is 11.2 Å². The quantitative estimate of drug-likeness (QED) is 0.745. The number of fused-ring (bicyclic) bond motifs is 1. The van der Waals surface area contributed by atoms with Crippen LogP contribution in [-0.2, 0) is 0 Å². The molecule has 0 aliphatic carbocycles. The molecule has 0 amide bonds. The highest BCUT2D eigenvalue weighted by Crippen LogP contribution is 2.19. The van der Waals surface area contributed by atoms with E-state index in [2.05, 4.69) is 9.97 Å². The lowest BCUT2D eigenvalue weighted by Gasteiger charge is -2.01. The summed E-state index contributed by atoms with van der Waals surface area (Å²) >= 11 is 0. The van der Waals surface area contributed by atoms with Crippen molar-refractivity contribution in [2.45, 2.75) is 12.5 Å². The number of hydrogen-bond acceptors (Lipinski definition) is 5. The first-order valence-corrected chi connectivity index (χ1v) is 4.41. The van der Waals surface area contributed by atoms with Gasteiger partial charge in [-0.3, -0.25) is 0 Å². The minimum Gasteiger partial charge on any atom is -0.436 e. The summed E-state index contributed by atoms with van der Waals surface area (Å²) in [6.45, 7) is 0.396. The van der Waals surface area contributed by atoms with Crippen LogP contribution in [0.2, 0.25) is 0 Å². The topological polar surface area (TPSA) is 85.2 Å². The maximum absolute atomic E-state index is 9.56. The maximum Gasteiger partial charge on any atom is 0.225 e. The molecule has 0 aliphatic heterocycles. The smallest absolute Gasteiger partial charge is 0.225 e. The molecule has 14 heavy (non-hydrogen) atoms. The van der Waals surface area contributed by atoms with Crippen LogP contribution < -0.4 is 5.73 Å². The summed E-state index contributed by atoms with van der Waals surface area (Å²) in [5, 5.41) is 9.56. The summed E-state index contributed by atoms with van der Waals surface area (Å²) in [5.74, 6) is 0.282. The summed E-state index contributed by atoms with van der Waals surface area (Å²) in [6, 6.07) is 3.51. The summed E-state index contributed by atoms with van der Waals surface area (Å²) in [4.78, 5) is 8.05. The standard InChI is InChI=1S/C9H11N3O2/c10-4-3-6(13)9-12-8-7(14-9)2-1-5-11-8/h1-2,5-6,13H,3-4,10H2. The molecule has 0 spiro atoms. The fourth-order valence-corrected chi connectivity index (χ4v) is 1.21. The third-order valence-electron chi connectivity index (χ3n) is 1.91. The first kappa shape index (κ1) is 9.11. The van der Waals surface area contributed by atoms with Crippen LogP contribution in [0.4, 0.5) is 0 Å². The van der Waals surface area contributed by atoms with Crippen LogP contribution in [0.1, 0.15) is 18.4 Å². The van der Waals surface area contributed by atoms with Crippen LogP contribution in [0, 0.1) is 0 Å². The molecule has 1 unspecified atom stereocenters. The van der Waals surface area contributed by atoms with Gasteiger partial charge >= 0.3 is 0 Å². The number of nitrogens with zero attached hydrogens (tertiary/aromatic N) is 2. The van der Waals surface area contributed by atoms with Crippen LogP contribution in [0.15, 0.2) is 22.7 Å². The molecule has 2 aromatic heterocycles. The van der Waals surface area contributed by atoms with E-state index in [1.165, 1.54) is 0 Å². The maximum atomic E-state index is 9.56. The number of oxazole rings is 1. The van der Waals surface area contributed by atoms with Crippen molar-refractivity contribution in [1.82, 2.24) is 9.97 Å². The van der Waals surface area contributed by atoms with E-state index in [1.807, 2.05) is 0 Å². The zero-order chi connectivity index (χ0) is 9.97. The van der Waals surface area contributed by atoms with Crippen molar-refractivity contribution < 1.29 is 9.52 Å². The summed E-state index contributed by atoms with van der Waals surface area (Å²) < 4.78 is 5.30. The minimum atomic E-state index is -0.741. The van der Waals surface area contributed by atoms with Gasteiger partial charge in [0, 0.05) is 6.20 Å². The van der Waals surface area contributed by atoms with E-state index < -0.39 is 6.10 Å². The molecule has 5 nitrogen and oxygen atoms in total. The molecule has 0 radical (unpaired) electrons. The Bertz CT molecular complexity index is 394. The fraction of sp³-hybridized carbons (Fsp3) is 0.333. The van der Waals surface area contributed by atoms with Crippen molar-refractivity contribution in [3.63, 3.8) is 0 Å². The largest absolute Gasteiger partial charge is 0.436 e. The summed E-state index contributed by atoms with van der Waals surface area (Å²) in [5.41, 5.74) is 6.41.